The van der Waals surface area contributed by atoms with Crippen molar-refractivity contribution in [1.29, 1.82) is 0 Å². The summed E-state index contributed by atoms with van der Waals surface area (Å²) in [7, 11) is 0. The van der Waals surface area contributed by atoms with E-state index in [1.54, 1.807) is 48.5 Å². The number of benzene rings is 2. The highest BCUT2D eigenvalue weighted by Gasteiger charge is 2.15. The van der Waals surface area contributed by atoms with Gasteiger partial charge in [0.2, 0.25) is 11.1 Å². The Hall–Kier alpha value is -2.84. The molecular formula is C18H16ClN5O2S. The second kappa shape index (κ2) is 8.24. The SMILES string of the molecule is CC(=O)c1ccccc1NC(=O)CSc1nnc(-c2ccc(Cl)cc2)n1N. The molecule has 2 aromatic carbocycles. The van der Waals surface area contributed by atoms with Crippen LogP contribution in [0.15, 0.2) is 53.7 Å². The van der Waals surface area contributed by atoms with Crippen molar-refractivity contribution in [2.45, 2.75) is 12.1 Å². The molecule has 0 unspecified atom stereocenters. The largest absolute Gasteiger partial charge is 0.335 e. The molecule has 0 radical (unpaired) electrons. The van der Waals surface area contributed by atoms with Crippen molar-refractivity contribution in [3.8, 4) is 11.4 Å². The average Bonchev–Trinajstić information content (AvgIpc) is 3.01. The molecule has 3 N–H and O–H groups in total. The van der Waals surface area contributed by atoms with Gasteiger partial charge < -0.3 is 11.2 Å². The van der Waals surface area contributed by atoms with E-state index in [4.69, 9.17) is 17.4 Å². The molecule has 0 aliphatic heterocycles. The fourth-order valence-corrected chi connectivity index (χ4v) is 3.17. The average molecular weight is 402 g/mol. The van der Waals surface area contributed by atoms with Gasteiger partial charge in [-0.15, -0.1) is 10.2 Å². The standard InChI is InChI=1S/C18H16ClN5O2S/c1-11(25)14-4-2-3-5-15(14)21-16(26)10-27-18-23-22-17(24(18)20)12-6-8-13(19)9-7-12/h2-9H,10,20H2,1H3,(H,21,26). The minimum atomic E-state index is -0.273. The molecule has 0 fully saturated rings. The summed E-state index contributed by atoms with van der Waals surface area (Å²) in [4.78, 5) is 23.9. The predicted molar refractivity (Wildman–Crippen MR) is 106 cm³/mol. The first-order valence-corrected chi connectivity index (χ1v) is 9.31. The number of Topliss-reactive ketones (excluding diaryl/α,β-unsaturated/α-hetero) is 1. The predicted octanol–water partition coefficient (Wildman–Crippen LogP) is 3.25. The van der Waals surface area contributed by atoms with E-state index in [9.17, 15) is 9.59 Å². The molecule has 3 rings (SSSR count). The quantitative estimate of drug-likeness (QED) is 0.373. The number of anilines is 1. The zero-order valence-corrected chi connectivity index (χ0v) is 15.9. The number of halogens is 1. The number of nitrogens with one attached hydrogen (secondary N) is 1. The van der Waals surface area contributed by atoms with Crippen LogP contribution >= 0.6 is 23.4 Å². The molecule has 0 saturated carbocycles. The number of hydrogen-bond acceptors (Lipinski definition) is 6. The van der Waals surface area contributed by atoms with Crippen molar-refractivity contribution in [2.24, 2.45) is 0 Å². The third-order valence-corrected chi connectivity index (χ3v) is 4.87. The number of thioether (sulfide) groups is 1. The van der Waals surface area contributed by atoms with Crippen molar-refractivity contribution in [1.82, 2.24) is 14.9 Å². The molecule has 1 aromatic heterocycles. The van der Waals surface area contributed by atoms with Crippen LogP contribution in [0.1, 0.15) is 17.3 Å². The summed E-state index contributed by atoms with van der Waals surface area (Å²) in [6, 6.07) is 13.9. The normalized spacial score (nSPS) is 10.6. The molecule has 0 saturated heterocycles. The highest BCUT2D eigenvalue weighted by molar-refractivity contribution is 7.99. The van der Waals surface area contributed by atoms with Gasteiger partial charge in [-0.25, -0.2) is 4.68 Å². The van der Waals surface area contributed by atoms with Crippen molar-refractivity contribution in [3.63, 3.8) is 0 Å². The molecule has 7 nitrogen and oxygen atoms in total. The first-order valence-electron chi connectivity index (χ1n) is 7.94. The second-order valence-electron chi connectivity index (χ2n) is 5.62. The summed E-state index contributed by atoms with van der Waals surface area (Å²) < 4.78 is 1.32. The lowest BCUT2D eigenvalue weighted by atomic mass is 10.1. The number of nitrogens with two attached hydrogens (primary N) is 1. The van der Waals surface area contributed by atoms with Crippen molar-refractivity contribution in [2.75, 3.05) is 16.9 Å². The number of nitrogens with zero attached hydrogens (tertiary/aromatic N) is 3. The number of carbonyl (C=O) groups excluding carboxylic acids is 2. The Labute approximate surface area is 164 Å². The van der Waals surface area contributed by atoms with Crippen LogP contribution in [0.5, 0.6) is 0 Å². The number of ketones is 1. The number of rotatable bonds is 6. The topological polar surface area (TPSA) is 103 Å². The fourth-order valence-electron chi connectivity index (χ4n) is 2.39. The minimum absolute atomic E-state index is 0.0716. The van der Waals surface area contributed by atoms with Gasteiger partial charge >= 0.3 is 0 Å². The first kappa shape index (κ1) is 18.9. The number of nitrogen functional groups attached to an aromatic ring is 1. The molecule has 27 heavy (non-hydrogen) atoms. The molecule has 1 heterocycles. The van der Waals surface area contributed by atoms with Crippen LogP contribution in [0.2, 0.25) is 5.02 Å². The van der Waals surface area contributed by atoms with Crippen molar-refractivity contribution < 1.29 is 9.59 Å². The van der Waals surface area contributed by atoms with E-state index in [1.807, 2.05) is 0 Å². The summed E-state index contributed by atoms with van der Waals surface area (Å²) in [5, 5.41) is 11.8. The Bertz CT molecular complexity index is 988. The van der Waals surface area contributed by atoms with Crippen LogP contribution in [0.4, 0.5) is 5.69 Å². The molecule has 9 heteroatoms. The zero-order chi connectivity index (χ0) is 19.4. The maximum atomic E-state index is 12.2. The van der Waals surface area contributed by atoms with Gasteiger partial charge in [-0.05, 0) is 43.3 Å². The van der Waals surface area contributed by atoms with Crippen LogP contribution in [-0.4, -0.2) is 32.3 Å². The van der Waals surface area contributed by atoms with Gasteiger partial charge in [-0.1, -0.05) is 35.5 Å². The zero-order valence-electron chi connectivity index (χ0n) is 14.3. The summed E-state index contributed by atoms with van der Waals surface area (Å²) in [5.74, 6) is 6.19. The maximum Gasteiger partial charge on any atom is 0.234 e. The van der Waals surface area contributed by atoms with Crippen LogP contribution in [0.25, 0.3) is 11.4 Å². The summed E-state index contributed by atoms with van der Waals surface area (Å²) in [6.07, 6.45) is 0. The van der Waals surface area contributed by atoms with Gasteiger partial charge in [0.25, 0.3) is 0 Å². The minimum Gasteiger partial charge on any atom is -0.335 e. The number of carbonyl (C=O) groups is 2. The van der Waals surface area contributed by atoms with E-state index in [2.05, 4.69) is 15.5 Å². The Morgan fingerprint density at radius 3 is 2.56 bits per heavy atom. The second-order valence-corrected chi connectivity index (χ2v) is 7.00. The molecule has 0 aliphatic rings. The number of hydrogen-bond donors (Lipinski definition) is 2. The first-order chi connectivity index (χ1) is 13.0. The Kier molecular flexibility index (Phi) is 5.78. The molecule has 138 valence electrons. The Morgan fingerprint density at radius 2 is 1.85 bits per heavy atom. The van der Waals surface area contributed by atoms with E-state index < -0.39 is 0 Å². The van der Waals surface area contributed by atoms with Crippen LogP contribution in [0, 0.1) is 0 Å². The van der Waals surface area contributed by atoms with Gasteiger partial charge in [0.05, 0.1) is 11.4 Å². The Balaban J connectivity index is 1.66. The molecule has 1 amide bonds. The monoisotopic (exact) mass is 401 g/mol. The molecule has 0 bridgehead atoms. The van der Waals surface area contributed by atoms with E-state index in [-0.39, 0.29) is 17.4 Å². The van der Waals surface area contributed by atoms with E-state index in [1.165, 1.54) is 11.6 Å². The third-order valence-electron chi connectivity index (χ3n) is 3.68. The van der Waals surface area contributed by atoms with E-state index in [0.717, 1.165) is 17.3 Å². The maximum absolute atomic E-state index is 12.2. The van der Waals surface area contributed by atoms with Gasteiger partial charge in [0.15, 0.2) is 11.6 Å². The highest BCUT2D eigenvalue weighted by atomic mass is 35.5. The van der Waals surface area contributed by atoms with Crippen LogP contribution in [-0.2, 0) is 4.79 Å². The van der Waals surface area contributed by atoms with Gasteiger partial charge in [-0.2, -0.15) is 0 Å². The molecule has 3 aromatic rings. The number of amides is 1. The number of aromatic nitrogens is 3. The smallest absolute Gasteiger partial charge is 0.234 e. The molecule has 0 atom stereocenters. The van der Waals surface area contributed by atoms with Gasteiger partial charge in [0, 0.05) is 16.1 Å². The lowest BCUT2D eigenvalue weighted by molar-refractivity contribution is -0.113. The lowest BCUT2D eigenvalue weighted by Gasteiger charge is -2.08. The van der Waals surface area contributed by atoms with Gasteiger partial charge in [0.1, 0.15) is 0 Å². The summed E-state index contributed by atoms with van der Waals surface area (Å²) >= 11 is 7.03. The van der Waals surface area contributed by atoms with Crippen molar-refractivity contribution in [3.05, 3.63) is 59.1 Å². The number of para-hydroxylation sites is 1. The highest BCUT2D eigenvalue weighted by Crippen LogP contribution is 2.23. The van der Waals surface area contributed by atoms with E-state index >= 15 is 0 Å². The molecular weight excluding hydrogens is 386 g/mol. The molecule has 0 spiro atoms. The van der Waals surface area contributed by atoms with Crippen LogP contribution < -0.4 is 11.2 Å². The fraction of sp³-hybridized carbons (Fsp3) is 0.111. The lowest BCUT2D eigenvalue weighted by Crippen LogP contribution is -2.17. The summed E-state index contributed by atoms with van der Waals surface area (Å²) in [6.45, 7) is 1.45. The summed E-state index contributed by atoms with van der Waals surface area (Å²) in [5.41, 5.74) is 1.70. The van der Waals surface area contributed by atoms with E-state index in [0.29, 0.717) is 27.3 Å². The third kappa shape index (κ3) is 4.47. The Morgan fingerprint density at radius 1 is 1.15 bits per heavy atom. The van der Waals surface area contributed by atoms with Crippen molar-refractivity contribution >= 4 is 40.7 Å². The molecule has 0 aliphatic carbocycles. The van der Waals surface area contributed by atoms with Crippen LogP contribution in [0.3, 0.4) is 0 Å². The van der Waals surface area contributed by atoms with Gasteiger partial charge in [-0.3, -0.25) is 9.59 Å².